The number of carbonyl (C=O) groups excluding carboxylic acids is 1. The van der Waals surface area contributed by atoms with Crippen LogP contribution in [0.2, 0.25) is 0 Å². The first-order valence-corrected chi connectivity index (χ1v) is 8.16. The molecule has 24 heavy (non-hydrogen) atoms. The van der Waals surface area contributed by atoms with Gasteiger partial charge in [-0.3, -0.25) is 0 Å². The molecule has 2 heterocycles. The van der Waals surface area contributed by atoms with Crippen LogP contribution in [0.15, 0.2) is 57.8 Å². The highest BCUT2D eigenvalue weighted by Crippen LogP contribution is 2.25. The minimum atomic E-state index is -0.804. The Bertz CT molecular complexity index is 803. The molecule has 0 unspecified atom stereocenters. The van der Waals surface area contributed by atoms with Crippen molar-refractivity contribution in [2.75, 3.05) is 11.9 Å². The molecule has 1 atom stereocenters. The van der Waals surface area contributed by atoms with Gasteiger partial charge in [-0.25, -0.2) is 9.18 Å². The number of anilines is 1. The number of thiophene rings is 1. The van der Waals surface area contributed by atoms with Crippen molar-refractivity contribution in [3.63, 3.8) is 0 Å². The molecule has 1 aromatic carbocycles. The molecule has 0 bridgehead atoms. The van der Waals surface area contributed by atoms with Gasteiger partial charge in [0, 0.05) is 12.1 Å². The van der Waals surface area contributed by atoms with E-state index in [9.17, 15) is 14.3 Å². The Hall–Kier alpha value is -2.64. The van der Waals surface area contributed by atoms with Crippen LogP contribution >= 0.6 is 11.3 Å². The standard InChI is InChI=1S/C17H15FN2O3S/c18-13-4-3-11(16-2-1-6-23-16)8-14(13)20-17(22)19-9-15(21)12-5-7-24-10-12/h1-8,10,15,21H,9H2,(H2,19,20,22)/t15-/m1/s1. The molecule has 0 radical (unpaired) electrons. The average molecular weight is 346 g/mol. The number of hydrogen-bond donors (Lipinski definition) is 3. The van der Waals surface area contributed by atoms with Crippen molar-refractivity contribution in [3.05, 3.63) is 64.8 Å². The van der Waals surface area contributed by atoms with Crippen LogP contribution in [0.3, 0.4) is 0 Å². The van der Waals surface area contributed by atoms with Gasteiger partial charge < -0.3 is 20.2 Å². The van der Waals surface area contributed by atoms with Crippen molar-refractivity contribution >= 4 is 23.1 Å². The number of hydrogen-bond acceptors (Lipinski definition) is 4. The molecular formula is C17H15FN2O3S. The van der Waals surface area contributed by atoms with Gasteiger partial charge in [0.1, 0.15) is 11.6 Å². The number of furan rings is 1. The lowest BCUT2D eigenvalue weighted by Gasteiger charge is -2.12. The zero-order valence-corrected chi connectivity index (χ0v) is 13.3. The number of aliphatic hydroxyl groups is 1. The molecule has 3 N–H and O–H groups in total. The molecule has 0 spiro atoms. The summed E-state index contributed by atoms with van der Waals surface area (Å²) in [5.74, 6) is 0.0187. The van der Waals surface area contributed by atoms with Crippen LogP contribution in [0.25, 0.3) is 11.3 Å². The van der Waals surface area contributed by atoms with Gasteiger partial charge in [0.05, 0.1) is 18.1 Å². The molecule has 0 aliphatic rings. The van der Waals surface area contributed by atoms with Crippen molar-refractivity contribution < 1.29 is 18.7 Å². The van der Waals surface area contributed by atoms with E-state index in [4.69, 9.17) is 4.42 Å². The Labute approximate surface area is 141 Å². The fraction of sp³-hybridized carbons (Fsp3) is 0.118. The first kappa shape index (κ1) is 16.2. The van der Waals surface area contributed by atoms with Crippen molar-refractivity contribution in [1.29, 1.82) is 0 Å². The Morgan fingerprint density at radius 2 is 2.21 bits per heavy atom. The maximum atomic E-state index is 13.9. The lowest BCUT2D eigenvalue weighted by atomic mass is 10.1. The zero-order chi connectivity index (χ0) is 16.9. The largest absolute Gasteiger partial charge is 0.464 e. The predicted molar refractivity (Wildman–Crippen MR) is 90.4 cm³/mol. The number of halogens is 1. The normalized spacial score (nSPS) is 11.9. The van der Waals surface area contributed by atoms with E-state index in [-0.39, 0.29) is 12.2 Å². The molecule has 3 aromatic rings. The molecule has 2 aromatic heterocycles. The van der Waals surface area contributed by atoms with E-state index >= 15 is 0 Å². The lowest BCUT2D eigenvalue weighted by Crippen LogP contribution is -2.32. The maximum Gasteiger partial charge on any atom is 0.319 e. The highest BCUT2D eigenvalue weighted by Gasteiger charge is 2.12. The predicted octanol–water partition coefficient (Wildman–Crippen LogP) is 4.00. The van der Waals surface area contributed by atoms with Crippen LogP contribution < -0.4 is 10.6 Å². The number of aliphatic hydroxyl groups excluding tert-OH is 1. The fourth-order valence-electron chi connectivity index (χ4n) is 2.16. The summed E-state index contributed by atoms with van der Waals surface area (Å²) >= 11 is 1.46. The average Bonchev–Trinajstić information content (AvgIpc) is 3.28. The third kappa shape index (κ3) is 3.81. The summed E-state index contributed by atoms with van der Waals surface area (Å²) in [5, 5.41) is 18.5. The van der Waals surface area contributed by atoms with Gasteiger partial charge in [0.15, 0.2) is 0 Å². The van der Waals surface area contributed by atoms with Crippen molar-refractivity contribution in [3.8, 4) is 11.3 Å². The van der Waals surface area contributed by atoms with E-state index in [1.807, 2.05) is 5.38 Å². The quantitative estimate of drug-likeness (QED) is 0.654. The summed E-state index contributed by atoms with van der Waals surface area (Å²) in [5.41, 5.74) is 1.41. The van der Waals surface area contributed by atoms with Crippen LogP contribution in [-0.2, 0) is 0 Å². The topological polar surface area (TPSA) is 74.5 Å². The summed E-state index contributed by atoms with van der Waals surface area (Å²) in [6, 6.07) is 8.97. The van der Waals surface area contributed by atoms with E-state index in [2.05, 4.69) is 10.6 Å². The molecule has 7 heteroatoms. The minimum absolute atomic E-state index is 0.0298. The molecule has 0 aliphatic heterocycles. The lowest BCUT2D eigenvalue weighted by molar-refractivity contribution is 0.175. The van der Waals surface area contributed by atoms with Crippen LogP contribution in [0, 0.1) is 5.82 Å². The third-order valence-electron chi connectivity index (χ3n) is 3.40. The second-order valence-electron chi connectivity index (χ2n) is 5.08. The van der Waals surface area contributed by atoms with Gasteiger partial charge in [0.2, 0.25) is 0 Å². The third-order valence-corrected chi connectivity index (χ3v) is 4.11. The Kier molecular flexibility index (Phi) is 4.93. The second-order valence-corrected chi connectivity index (χ2v) is 5.86. The molecule has 2 amide bonds. The Morgan fingerprint density at radius 1 is 1.33 bits per heavy atom. The maximum absolute atomic E-state index is 13.9. The molecular weight excluding hydrogens is 331 g/mol. The first-order valence-electron chi connectivity index (χ1n) is 7.22. The van der Waals surface area contributed by atoms with E-state index in [0.29, 0.717) is 11.3 Å². The van der Waals surface area contributed by atoms with Gasteiger partial charge in [0.25, 0.3) is 0 Å². The van der Waals surface area contributed by atoms with Gasteiger partial charge >= 0.3 is 6.03 Å². The number of nitrogens with one attached hydrogen (secondary N) is 2. The van der Waals surface area contributed by atoms with Crippen LogP contribution in [0.4, 0.5) is 14.9 Å². The fourth-order valence-corrected chi connectivity index (χ4v) is 2.86. The van der Waals surface area contributed by atoms with E-state index in [1.165, 1.54) is 29.7 Å². The molecule has 0 aliphatic carbocycles. The monoisotopic (exact) mass is 346 g/mol. The second kappa shape index (κ2) is 7.29. The first-order chi connectivity index (χ1) is 11.6. The molecule has 3 rings (SSSR count). The smallest absolute Gasteiger partial charge is 0.319 e. The van der Waals surface area contributed by atoms with Crippen LogP contribution in [0.5, 0.6) is 0 Å². The van der Waals surface area contributed by atoms with Crippen molar-refractivity contribution in [2.45, 2.75) is 6.10 Å². The number of benzene rings is 1. The van der Waals surface area contributed by atoms with Gasteiger partial charge in [-0.1, -0.05) is 0 Å². The SMILES string of the molecule is O=C(NC[C@@H](O)c1ccsc1)Nc1cc(-c2ccco2)ccc1F. The summed E-state index contributed by atoms with van der Waals surface area (Å²) in [4.78, 5) is 11.9. The van der Waals surface area contributed by atoms with Crippen molar-refractivity contribution in [2.24, 2.45) is 0 Å². The molecule has 5 nitrogen and oxygen atoms in total. The van der Waals surface area contributed by atoms with E-state index < -0.39 is 18.0 Å². The summed E-state index contributed by atoms with van der Waals surface area (Å²) in [6.07, 6.45) is 0.714. The van der Waals surface area contributed by atoms with Gasteiger partial charge in [-0.2, -0.15) is 11.3 Å². The molecule has 124 valence electrons. The van der Waals surface area contributed by atoms with Crippen LogP contribution in [-0.4, -0.2) is 17.7 Å². The Balaban J connectivity index is 1.62. The zero-order valence-electron chi connectivity index (χ0n) is 12.5. The van der Waals surface area contributed by atoms with Crippen LogP contribution in [0.1, 0.15) is 11.7 Å². The van der Waals surface area contributed by atoms with Crippen molar-refractivity contribution in [1.82, 2.24) is 5.32 Å². The number of urea groups is 1. The number of amides is 2. The minimum Gasteiger partial charge on any atom is -0.464 e. The van der Waals surface area contributed by atoms with E-state index in [0.717, 1.165) is 5.56 Å². The summed E-state index contributed by atoms with van der Waals surface area (Å²) in [7, 11) is 0. The van der Waals surface area contributed by atoms with Gasteiger partial charge in [-0.15, -0.1) is 0 Å². The molecule has 0 saturated heterocycles. The highest BCUT2D eigenvalue weighted by atomic mass is 32.1. The highest BCUT2D eigenvalue weighted by molar-refractivity contribution is 7.07. The molecule has 0 saturated carbocycles. The number of rotatable bonds is 5. The Morgan fingerprint density at radius 3 is 2.92 bits per heavy atom. The van der Waals surface area contributed by atoms with Gasteiger partial charge in [-0.05, 0) is 52.7 Å². The number of carbonyl (C=O) groups is 1. The molecule has 0 fully saturated rings. The van der Waals surface area contributed by atoms with E-state index in [1.54, 1.807) is 29.6 Å². The summed E-state index contributed by atoms with van der Waals surface area (Å²) in [6.45, 7) is 0.0298. The summed E-state index contributed by atoms with van der Waals surface area (Å²) < 4.78 is 19.1.